The number of rotatable bonds is 7. The van der Waals surface area contributed by atoms with Crippen molar-refractivity contribution in [3.8, 4) is 0 Å². The maximum atomic E-state index is 11.7. The highest BCUT2D eigenvalue weighted by molar-refractivity contribution is 5.87. The third-order valence-electron chi connectivity index (χ3n) is 2.61. The number of hydrogen-bond donors (Lipinski definition) is 4. The maximum Gasteiger partial charge on any atom is 0.238 e. The van der Waals surface area contributed by atoms with Gasteiger partial charge in [-0.3, -0.25) is 19.7 Å². The molecule has 1 aliphatic heterocycles. The van der Waals surface area contributed by atoms with Gasteiger partial charge in [0.25, 0.3) is 0 Å². The first-order chi connectivity index (χ1) is 9.13. The second-order valence-corrected chi connectivity index (χ2v) is 4.12. The second kappa shape index (κ2) is 8.44. The number of nitrogens with one attached hydrogen (secondary N) is 4. The van der Waals surface area contributed by atoms with E-state index in [0.717, 1.165) is 0 Å². The van der Waals surface area contributed by atoms with Crippen molar-refractivity contribution in [1.29, 1.82) is 0 Å². The normalized spacial score (nSPS) is 18.6. The summed E-state index contributed by atoms with van der Waals surface area (Å²) in [4.78, 5) is 33.9. The molecule has 19 heavy (non-hydrogen) atoms. The molecule has 0 aliphatic carbocycles. The first kappa shape index (κ1) is 15.4. The molecular weight excluding hydrogens is 252 g/mol. The van der Waals surface area contributed by atoms with Crippen LogP contribution in [0.3, 0.4) is 0 Å². The predicted molar refractivity (Wildman–Crippen MR) is 67.3 cm³/mol. The Morgan fingerprint density at radius 3 is 2.79 bits per heavy atom. The van der Waals surface area contributed by atoms with E-state index in [4.69, 9.17) is 4.74 Å². The molecule has 1 fully saturated rings. The fraction of sp³-hybridized carbons (Fsp3) is 0.727. The van der Waals surface area contributed by atoms with Gasteiger partial charge in [0.05, 0.1) is 13.2 Å². The number of ether oxygens (including phenoxy) is 1. The molecule has 8 nitrogen and oxygen atoms in total. The second-order valence-electron chi connectivity index (χ2n) is 4.12. The Hall–Kier alpha value is -1.67. The van der Waals surface area contributed by atoms with Crippen molar-refractivity contribution in [3.05, 3.63) is 0 Å². The van der Waals surface area contributed by atoms with E-state index >= 15 is 0 Å². The third kappa shape index (κ3) is 6.16. The van der Waals surface area contributed by atoms with Gasteiger partial charge in [0.1, 0.15) is 6.04 Å². The summed E-state index contributed by atoms with van der Waals surface area (Å²) in [6.07, 6.45) is 0.217. The number of carbonyl (C=O) groups excluding carboxylic acids is 3. The van der Waals surface area contributed by atoms with Gasteiger partial charge in [-0.1, -0.05) is 0 Å². The van der Waals surface area contributed by atoms with E-state index in [-0.39, 0.29) is 43.8 Å². The summed E-state index contributed by atoms with van der Waals surface area (Å²) in [6, 6.07) is -0.436. The monoisotopic (exact) mass is 272 g/mol. The van der Waals surface area contributed by atoms with E-state index < -0.39 is 6.04 Å². The lowest BCUT2D eigenvalue weighted by Gasteiger charge is -2.23. The van der Waals surface area contributed by atoms with Crippen molar-refractivity contribution in [1.82, 2.24) is 21.3 Å². The molecule has 0 aromatic rings. The van der Waals surface area contributed by atoms with Crippen LogP contribution in [0.4, 0.5) is 0 Å². The Morgan fingerprint density at radius 1 is 1.37 bits per heavy atom. The lowest BCUT2D eigenvalue weighted by Crippen LogP contribution is -2.58. The van der Waals surface area contributed by atoms with Crippen LogP contribution in [0.1, 0.15) is 6.42 Å². The van der Waals surface area contributed by atoms with Crippen LogP contribution < -0.4 is 21.3 Å². The molecule has 4 N–H and O–H groups in total. The summed E-state index contributed by atoms with van der Waals surface area (Å²) in [7, 11) is 1.56. The fourth-order valence-corrected chi connectivity index (χ4v) is 1.56. The van der Waals surface area contributed by atoms with E-state index in [1.54, 1.807) is 7.11 Å². The molecule has 1 aliphatic rings. The van der Waals surface area contributed by atoms with Crippen molar-refractivity contribution >= 4 is 17.7 Å². The van der Waals surface area contributed by atoms with E-state index in [1.807, 2.05) is 0 Å². The smallest absolute Gasteiger partial charge is 0.238 e. The van der Waals surface area contributed by atoms with Crippen molar-refractivity contribution in [2.45, 2.75) is 12.5 Å². The Labute approximate surface area is 111 Å². The van der Waals surface area contributed by atoms with Gasteiger partial charge in [0.15, 0.2) is 0 Å². The molecule has 0 aromatic heterocycles. The molecule has 1 atom stereocenters. The summed E-state index contributed by atoms with van der Waals surface area (Å²) >= 11 is 0. The fourth-order valence-electron chi connectivity index (χ4n) is 1.56. The molecule has 0 radical (unpaired) electrons. The number of methoxy groups -OCH3 is 1. The highest BCUT2D eigenvalue weighted by Crippen LogP contribution is 1.89. The van der Waals surface area contributed by atoms with Gasteiger partial charge in [0, 0.05) is 33.2 Å². The molecule has 1 unspecified atom stereocenters. The molecule has 1 rings (SSSR count). The van der Waals surface area contributed by atoms with Crippen molar-refractivity contribution in [2.75, 3.05) is 39.9 Å². The van der Waals surface area contributed by atoms with Crippen LogP contribution in [0.25, 0.3) is 0 Å². The molecule has 1 heterocycles. The van der Waals surface area contributed by atoms with E-state index in [1.165, 1.54) is 0 Å². The summed E-state index contributed by atoms with van der Waals surface area (Å²) in [5.41, 5.74) is 0. The molecule has 0 bridgehead atoms. The van der Waals surface area contributed by atoms with Crippen LogP contribution in [0, 0.1) is 0 Å². The SMILES string of the molecule is COCCNC(=O)CCNC(=O)C1CNC(=O)CN1. The van der Waals surface area contributed by atoms with Gasteiger partial charge in [0.2, 0.25) is 17.7 Å². The van der Waals surface area contributed by atoms with Gasteiger partial charge in [-0.15, -0.1) is 0 Å². The zero-order valence-electron chi connectivity index (χ0n) is 11.0. The van der Waals surface area contributed by atoms with E-state index in [9.17, 15) is 14.4 Å². The molecule has 0 spiro atoms. The largest absolute Gasteiger partial charge is 0.383 e. The average Bonchev–Trinajstić information content (AvgIpc) is 2.39. The molecule has 0 aromatic carbocycles. The topological polar surface area (TPSA) is 109 Å². The lowest BCUT2D eigenvalue weighted by atomic mass is 10.2. The number of piperazine rings is 1. The summed E-state index contributed by atoms with van der Waals surface area (Å²) in [6.45, 7) is 1.59. The van der Waals surface area contributed by atoms with Gasteiger partial charge in [-0.05, 0) is 0 Å². The molecule has 0 saturated carbocycles. The zero-order chi connectivity index (χ0) is 14.1. The zero-order valence-corrected chi connectivity index (χ0v) is 11.0. The number of carbonyl (C=O) groups is 3. The first-order valence-electron chi connectivity index (χ1n) is 6.17. The lowest BCUT2D eigenvalue weighted by molar-refractivity contribution is -0.126. The third-order valence-corrected chi connectivity index (χ3v) is 2.61. The molecule has 3 amide bonds. The minimum Gasteiger partial charge on any atom is -0.383 e. The molecular formula is C11H20N4O4. The van der Waals surface area contributed by atoms with Crippen molar-refractivity contribution in [2.24, 2.45) is 0 Å². The highest BCUT2D eigenvalue weighted by Gasteiger charge is 2.23. The van der Waals surface area contributed by atoms with Gasteiger partial charge in [-0.25, -0.2) is 0 Å². The van der Waals surface area contributed by atoms with Crippen LogP contribution in [-0.2, 0) is 19.1 Å². The number of amides is 3. The molecule has 1 saturated heterocycles. The summed E-state index contributed by atoms with van der Waals surface area (Å²) in [5.74, 6) is -0.478. The standard InChI is InChI=1S/C11H20N4O4/c1-19-5-4-12-9(16)2-3-13-11(18)8-6-15-10(17)7-14-8/h8,14H,2-7H2,1H3,(H,12,16)(H,13,18)(H,15,17). The van der Waals surface area contributed by atoms with Gasteiger partial charge >= 0.3 is 0 Å². The van der Waals surface area contributed by atoms with E-state index in [2.05, 4.69) is 21.3 Å². The van der Waals surface area contributed by atoms with Crippen molar-refractivity contribution in [3.63, 3.8) is 0 Å². The van der Waals surface area contributed by atoms with Crippen LogP contribution in [-0.4, -0.2) is 63.7 Å². The first-order valence-corrected chi connectivity index (χ1v) is 6.17. The minimum absolute atomic E-state index is 0.124. The Morgan fingerprint density at radius 2 is 2.16 bits per heavy atom. The van der Waals surface area contributed by atoms with Crippen LogP contribution >= 0.6 is 0 Å². The number of hydrogen-bond acceptors (Lipinski definition) is 5. The van der Waals surface area contributed by atoms with Gasteiger partial charge in [-0.2, -0.15) is 0 Å². The minimum atomic E-state index is -0.436. The molecule has 8 heteroatoms. The van der Waals surface area contributed by atoms with Crippen LogP contribution in [0.15, 0.2) is 0 Å². The van der Waals surface area contributed by atoms with Crippen LogP contribution in [0.5, 0.6) is 0 Å². The Balaban J connectivity index is 2.09. The van der Waals surface area contributed by atoms with E-state index in [0.29, 0.717) is 13.2 Å². The highest BCUT2D eigenvalue weighted by atomic mass is 16.5. The predicted octanol–water partition coefficient (Wildman–Crippen LogP) is -2.66. The molecule has 108 valence electrons. The maximum absolute atomic E-state index is 11.7. The summed E-state index contributed by atoms with van der Waals surface area (Å²) < 4.78 is 4.80. The quantitative estimate of drug-likeness (QED) is 0.378. The van der Waals surface area contributed by atoms with Crippen molar-refractivity contribution < 1.29 is 19.1 Å². The van der Waals surface area contributed by atoms with Gasteiger partial charge < -0.3 is 20.7 Å². The summed E-state index contributed by atoms with van der Waals surface area (Å²) in [5, 5.41) is 10.7. The Bertz CT molecular complexity index is 325. The average molecular weight is 272 g/mol. The van der Waals surface area contributed by atoms with Crippen LogP contribution in [0.2, 0.25) is 0 Å². The Kier molecular flexibility index (Phi) is 6.83.